The Balaban J connectivity index is 1.55. The SMILES string of the molecule is O=C(CCC1CCCC1)N=C1S[C@@H]2CS(=O)(=O)C[C@@H]2N1c1cccc(F)c1. The third-order valence-corrected chi connectivity index (χ3v) is 8.82. The van der Waals surface area contributed by atoms with Crippen LogP contribution in [0.5, 0.6) is 0 Å². The molecule has 0 spiro atoms. The molecule has 1 aromatic carbocycles. The summed E-state index contributed by atoms with van der Waals surface area (Å²) in [6, 6.07) is 5.73. The van der Waals surface area contributed by atoms with E-state index in [0.717, 1.165) is 6.42 Å². The minimum atomic E-state index is -3.13. The van der Waals surface area contributed by atoms with Crippen LogP contribution in [-0.4, -0.2) is 42.3 Å². The lowest BCUT2D eigenvalue weighted by atomic mass is 10.0. The molecule has 0 N–H and O–H groups in total. The van der Waals surface area contributed by atoms with Crippen molar-refractivity contribution in [1.82, 2.24) is 0 Å². The molecule has 2 heterocycles. The first-order chi connectivity index (χ1) is 12.9. The van der Waals surface area contributed by atoms with Gasteiger partial charge in [0.2, 0.25) is 5.91 Å². The maximum Gasteiger partial charge on any atom is 0.248 e. The zero-order chi connectivity index (χ0) is 19.0. The molecule has 0 aromatic heterocycles. The molecule has 2 saturated heterocycles. The second-order valence-corrected chi connectivity index (χ2v) is 11.0. The van der Waals surface area contributed by atoms with E-state index < -0.39 is 15.7 Å². The van der Waals surface area contributed by atoms with Crippen molar-refractivity contribution in [3.8, 4) is 0 Å². The molecule has 1 saturated carbocycles. The third kappa shape index (κ3) is 4.21. The Bertz CT molecular complexity index is 865. The van der Waals surface area contributed by atoms with E-state index in [9.17, 15) is 17.6 Å². The van der Waals surface area contributed by atoms with Gasteiger partial charge in [0.15, 0.2) is 15.0 Å². The Labute approximate surface area is 163 Å². The molecule has 1 aliphatic carbocycles. The fraction of sp³-hybridized carbons (Fsp3) is 0.579. The van der Waals surface area contributed by atoms with Crippen LogP contribution in [0.3, 0.4) is 0 Å². The number of benzene rings is 1. The number of halogens is 1. The maximum atomic E-state index is 13.7. The van der Waals surface area contributed by atoms with Crippen LogP contribution in [0.4, 0.5) is 10.1 Å². The third-order valence-electron chi connectivity index (χ3n) is 5.61. The van der Waals surface area contributed by atoms with Crippen LogP contribution in [0.25, 0.3) is 0 Å². The average Bonchev–Trinajstić information content (AvgIpc) is 3.27. The van der Waals surface area contributed by atoms with Gasteiger partial charge in [-0.1, -0.05) is 43.5 Å². The Kier molecular flexibility index (Phi) is 5.29. The molecule has 3 fully saturated rings. The number of aliphatic imine (C=N–C) groups is 1. The number of hydrogen-bond acceptors (Lipinski definition) is 4. The van der Waals surface area contributed by atoms with E-state index in [1.165, 1.54) is 49.6 Å². The van der Waals surface area contributed by atoms with Gasteiger partial charge in [0.1, 0.15) is 5.82 Å². The lowest BCUT2D eigenvalue weighted by molar-refractivity contribution is -0.118. The number of anilines is 1. The van der Waals surface area contributed by atoms with Gasteiger partial charge in [0.25, 0.3) is 0 Å². The number of rotatable bonds is 4. The molecule has 0 bridgehead atoms. The van der Waals surface area contributed by atoms with Crippen molar-refractivity contribution < 1.29 is 17.6 Å². The second kappa shape index (κ2) is 7.54. The quantitative estimate of drug-likeness (QED) is 0.761. The first kappa shape index (κ1) is 18.9. The highest BCUT2D eigenvalue weighted by atomic mass is 32.2. The predicted octanol–water partition coefficient (Wildman–Crippen LogP) is 3.40. The van der Waals surface area contributed by atoms with Crippen molar-refractivity contribution in [3.63, 3.8) is 0 Å². The number of hydrogen-bond donors (Lipinski definition) is 0. The highest BCUT2D eigenvalue weighted by Gasteiger charge is 2.49. The Morgan fingerprint density at radius 2 is 2.04 bits per heavy atom. The van der Waals surface area contributed by atoms with Crippen molar-refractivity contribution in [2.45, 2.75) is 49.8 Å². The van der Waals surface area contributed by atoms with Crippen molar-refractivity contribution >= 4 is 38.4 Å². The number of carbonyl (C=O) groups excluding carboxylic acids is 1. The largest absolute Gasteiger partial charge is 0.315 e. The van der Waals surface area contributed by atoms with Gasteiger partial charge in [-0.15, -0.1) is 0 Å². The predicted molar refractivity (Wildman–Crippen MR) is 106 cm³/mol. The number of fused-ring (bicyclic) bond motifs is 1. The molecular formula is C19H23FN2O3S2. The number of sulfone groups is 1. The molecule has 27 heavy (non-hydrogen) atoms. The molecule has 2 aliphatic heterocycles. The van der Waals surface area contributed by atoms with Gasteiger partial charge in [0.05, 0.1) is 17.5 Å². The zero-order valence-corrected chi connectivity index (χ0v) is 16.6. The maximum absolute atomic E-state index is 13.7. The number of thioether (sulfide) groups is 1. The molecule has 8 heteroatoms. The van der Waals surface area contributed by atoms with E-state index in [-0.39, 0.29) is 28.7 Å². The molecule has 146 valence electrons. The van der Waals surface area contributed by atoms with Crippen molar-refractivity contribution in [1.29, 1.82) is 0 Å². The monoisotopic (exact) mass is 410 g/mol. The van der Waals surface area contributed by atoms with E-state index in [0.29, 0.717) is 23.2 Å². The van der Waals surface area contributed by atoms with Gasteiger partial charge in [-0.25, -0.2) is 12.8 Å². The molecule has 2 atom stereocenters. The number of carbonyl (C=O) groups is 1. The highest BCUT2D eigenvalue weighted by Crippen LogP contribution is 2.41. The van der Waals surface area contributed by atoms with E-state index in [1.807, 2.05) is 0 Å². The summed E-state index contributed by atoms with van der Waals surface area (Å²) in [6.07, 6.45) is 6.15. The number of amides is 1. The van der Waals surface area contributed by atoms with E-state index in [1.54, 1.807) is 17.0 Å². The summed E-state index contributed by atoms with van der Waals surface area (Å²) in [6.45, 7) is 0. The second-order valence-electron chi connectivity index (χ2n) is 7.63. The van der Waals surface area contributed by atoms with Gasteiger partial charge in [0, 0.05) is 17.4 Å². The van der Waals surface area contributed by atoms with Crippen molar-refractivity contribution in [2.75, 3.05) is 16.4 Å². The van der Waals surface area contributed by atoms with Crippen LogP contribution in [0.15, 0.2) is 29.3 Å². The zero-order valence-electron chi connectivity index (χ0n) is 15.0. The summed E-state index contributed by atoms with van der Waals surface area (Å²) in [7, 11) is -3.13. The molecule has 5 nitrogen and oxygen atoms in total. The molecule has 0 unspecified atom stereocenters. The molecule has 0 radical (unpaired) electrons. The first-order valence-electron chi connectivity index (χ1n) is 9.45. The topological polar surface area (TPSA) is 66.8 Å². The summed E-state index contributed by atoms with van der Waals surface area (Å²) in [5.74, 6) is 0.136. The minimum absolute atomic E-state index is 0.0104. The lowest BCUT2D eigenvalue weighted by Gasteiger charge is -2.24. The van der Waals surface area contributed by atoms with Gasteiger partial charge >= 0.3 is 0 Å². The molecule has 4 rings (SSSR count). The van der Waals surface area contributed by atoms with E-state index in [2.05, 4.69) is 4.99 Å². The molecule has 1 amide bonds. The van der Waals surface area contributed by atoms with Gasteiger partial charge < -0.3 is 4.90 Å². The van der Waals surface area contributed by atoms with Crippen LogP contribution in [-0.2, 0) is 14.6 Å². The van der Waals surface area contributed by atoms with Crippen LogP contribution in [0, 0.1) is 11.7 Å². The van der Waals surface area contributed by atoms with Crippen LogP contribution < -0.4 is 4.90 Å². The molecule has 3 aliphatic rings. The van der Waals surface area contributed by atoms with Gasteiger partial charge in [-0.3, -0.25) is 4.79 Å². The Morgan fingerprint density at radius 1 is 1.26 bits per heavy atom. The highest BCUT2D eigenvalue weighted by molar-refractivity contribution is 8.16. The van der Waals surface area contributed by atoms with Gasteiger partial charge in [-0.05, 0) is 30.5 Å². The lowest BCUT2D eigenvalue weighted by Crippen LogP contribution is -2.37. The first-order valence-corrected chi connectivity index (χ1v) is 12.1. The average molecular weight is 411 g/mol. The summed E-state index contributed by atoms with van der Waals surface area (Å²) >= 11 is 1.33. The standard InChI is InChI=1S/C19H23FN2O3S2/c20-14-6-3-7-15(10-14)22-16-11-27(24,25)12-17(16)26-19(22)21-18(23)9-8-13-4-1-2-5-13/h3,6-7,10,13,16-17H,1-2,4-5,8-9,11-12H2/t16-,17+/m0/s1. The molecule has 1 aromatic rings. The Morgan fingerprint density at radius 3 is 2.78 bits per heavy atom. The number of amidine groups is 1. The fourth-order valence-corrected chi connectivity index (χ4v) is 8.21. The van der Waals surface area contributed by atoms with Crippen molar-refractivity contribution in [3.05, 3.63) is 30.1 Å². The van der Waals surface area contributed by atoms with Crippen LogP contribution in [0.2, 0.25) is 0 Å². The van der Waals surface area contributed by atoms with Gasteiger partial charge in [-0.2, -0.15) is 4.99 Å². The number of nitrogens with zero attached hydrogens (tertiary/aromatic N) is 2. The molecular weight excluding hydrogens is 387 g/mol. The smallest absolute Gasteiger partial charge is 0.248 e. The summed E-state index contributed by atoms with van der Waals surface area (Å²) in [4.78, 5) is 18.5. The van der Waals surface area contributed by atoms with E-state index in [4.69, 9.17) is 0 Å². The van der Waals surface area contributed by atoms with Crippen LogP contribution in [0.1, 0.15) is 38.5 Å². The van der Waals surface area contributed by atoms with Crippen LogP contribution >= 0.6 is 11.8 Å². The minimum Gasteiger partial charge on any atom is -0.315 e. The summed E-state index contributed by atoms with van der Waals surface area (Å²) in [5.41, 5.74) is 0.550. The van der Waals surface area contributed by atoms with E-state index >= 15 is 0 Å². The normalized spacial score (nSPS) is 28.8. The summed E-state index contributed by atoms with van der Waals surface area (Å²) < 4.78 is 37.8. The summed E-state index contributed by atoms with van der Waals surface area (Å²) in [5, 5.41) is 0.335. The Hall–Kier alpha value is -1.41. The van der Waals surface area contributed by atoms with Crippen molar-refractivity contribution in [2.24, 2.45) is 10.9 Å². The fourth-order valence-electron chi connectivity index (χ4n) is 4.28.